The minimum Gasteiger partial charge on any atom is -0.456 e. The van der Waals surface area contributed by atoms with Crippen molar-refractivity contribution < 1.29 is 14.3 Å². The molecule has 4 nitrogen and oxygen atoms in total. The van der Waals surface area contributed by atoms with Gasteiger partial charge in [0, 0.05) is 0 Å². The van der Waals surface area contributed by atoms with E-state index in [-0.39, 0.29) is 11.8 Å². The maximum Gasteiger partial charge on any atom is 0.269 e. The molecule has 4 rings (SSSR count). The summed E-state index contributed by atoms with van der Waals surface area (Å²) in [6.45, 7) is 3.77. The lowest BCUT2D eigenvalue weighted by atomic mass is 10.1. The number of amides is 2. The van der Waals surface area contributed by atoms with Crippen LogP contribution in [-0.4, -0.2) is 11.8 Å². The molecule has 0 saturated heterocycles. The highest BCUT2D eigenvalue weighted by Gasteiger charge is 2.39. The zero-order valence-corrected chi connectivity index (χ0v) is 14.6. The molecular formula is C23H17NO3. The second-order valence-corrected chi connectivity index (χ2v) is 6.16. The second kappa shape index (κ2) is 6.92. The normalized spacial score (nSPS) is 12.8. The van der Waals surface area contributed by atoms with Crippen molar-refractivity contribution in [2.75, 3.05) is 4.90 Å². The fourth-order valence-corrected chi connectivity index (χ4v) is 3.20. The molecule has 2 amide bonds. The Labute approximate surface area is 157 Å². The molecule has 3 aromatic rings. The van der Waals surface area contributed by atoms with Gasteiger partial charge in [0.15, 0.2) is 0 Å². The Morgan fingerprint density at radius 1 is 0.815 bits per heavy atom. The van der Waals surface area contributed by atoms with Gasteiger partial charge in [-0.1, -0.05) is 48.5 Å². The minimum absolute atomic E-state index is 0.291. The van der Waals surface area contributed by atoms with Crippen LogP contribution in [0.15, 0.2) is 85.5 Å². The van der Waals surface area contributed by atoms with E-state index < -0.39 is 0 Å². The summed E-state index contributed by atoms with van der Waals surface area (Å²) in [6.07, 6.45) is 2.44. The van der Waals surface area contributed by atoms with Crippen molar-refractivity contribution in [2.24, 2.45) is 0 Å². The van der Waals surface area contributed by atoms with Gasteiger partial charge in [-0.3, -0.25) is 9.59 Å². The topological polar surface area (TPSA) is 46.6 Å². The van der Waals surface area contributed by atoms with Gasteiger partial charge in [-0.2, -0.15) is 0 Å². The van der Waals surface area contributed by atoms with E-state index in [0.29, 0.717) is 34.7 Å². The standard InChI is InChI=1S/C23H17NO3/c1-2-9-16-10-6-7-14-19(16)27-20-15-8-13-18-21(20)23(26)24(22(18)25)17-11-4-3-5-12-17/h2-8,10-15H,1,9H2. The number of ether oxygens (including phenoxy) is 1. The zero-order valence-electron chi connectivity index (χ0n) is 14.6. The summed E-state index contributed by atoms with van der Waals surface area (Å²) < 4.78 is 6.06. The Morgan fingerprint density at radius 3 is 2.30 bits per heavy atom. The first-order valence-corrected chi connectivity index (χ1v) is 8.64. The van der Waals surface area contributed by atoms with Gasteiger partial charge in [0.05, 0.1) is 16.8 Å². The van der Waals surface area contributed by atoms with Gasteiger partial charge in [-0.15, -0.1) is 6.58 Å². The number of imide groups is 1. The molecular weight excluding hydrogens is 338 g/mol. The molecule has 3 aromatic carbocycles. The van der Waals surface area contributed by atoms with E-state index in [2.05, 4.69) is 6.58 Å². The zero-order chi connectivity index (χ0) is 18.8. The van der Waals surface area contributed by atoms with Crippen LogP contribution in [-0.2, 0) is 6.42 Å². The van der Waals surface area contributed by atoms with Crippen LogP contribution in [0, 0.1) is 0 Å². The summed E-state index contributed by atoms with van der Waals surface area (Å²) in [5.41, 5.74) is 2.14. The van der Waals surface area contributed by atoms with Crippen LogP contribution in [0.3, 0.4) is 0 Å². The highest BCUT2D eigenvalue weighted by molar-refractivity contribution is 6.35. The Morgan fingerprint density at radius 2 is 1.52 bits per heavy atom. The van der Waals surface area contributed by atoms with Crippen LogP contribution in [0.1, 0.15) is 26.3 Å². The van der Waals surface area contributed by atoms with Crippen molar-refractivity contribution in [3.8, 4) is 11.5 Å². The molecule has 1 heterocycles. The first-order chi connectivity index (χ1) is 13.2. The summed E-state index contributed by atoms with van der Waals surface area (Å²) in [5, 5.41) is 0. The number of hydrogen-bond acceptors (Lipinski definition) is 3. The number of fused-ring (bicyclic) bond motifs is 1. The van der Waals surface area contributed by atoms with Crippen LogP contribution in [0.4, 0.5) is 5.69 Å². The third-order valence-corrected chi connectivity index (χ3v) is 4.45. The molecule has 4 heteroatoms. The number of benzene rings is 3. The summed E-state index contributed by atoms with van der Waals surface area (Å²) in [6, 6.07) is 21.6. The molecule has 0 unspecified atom stereocenters. The van der Waals surface area contributed by atoms with Crippen molar-refractivity contribution in [3.05, 3.63) is 102 Å². The third-order valence-electron chi connectivity index (χ3n) is 4.45. The number of carbonyl (C=O) groups excluding carboxylic acids is 2. The average Bonchev–Trinajstić information content (AvgIpc) is 2.96. The number of carbonyl (C=O) groups is 2. The summed E-state index contributed by atoms with van der Waals surface area (Å²) in [7, 11) is 0. The number of anilines is 1. The van der Waals surface area contributed by atoms with Gasteiger partial charge in [-0.25, -0.2) is 4.90 Å². The van der Waals surface area contributed by atoms with Gasteiger partial charge in [-0.05, 0) is 42.3 Å². The highest BCUT2D eigenvalue weighted by atomic mass is 16.5. The van der Waals surface area contributed by atoms with E-state index in [1.54, 1.807) is 48.5 Å². The Kier molecular flexibility index (Phi) is 4.30. The average molecular weight is 355 g/mol. The van der Waals surface area contributed by atoms with E-state index >= 15 is 0 Å². The molecule has 1 aliphatic rings. The van der Waals surface area contributed by atoms with Gasteiger partial charge in [0.2, 0.25) is 0 Å². The van der Waals surface area contributed by atoms with Gasteiger partial charge < -0.3 is 4.74 Å². The number of nitrogens with zero attached hydrogens (tertiary/aromatic N) is 1. The van der Waals surface area contributed by atoms with Crippen LogP contribution in [0.25, 0.3) is 0 Å². The van der Waals surface area contributed by atoms with Crippen molar-refractivity contribution in [2.45, 2.75) is 6.42 Å². The third kappa shape index (κ3) is 2.91. The molecule has 0 saturated carbocycles. The molecule has 0 aliphatic carbocycles. The Balaban J connectivity index is 1.76. The number of hydrogen-bond donors (Lipinski definition) is 0. The molecule has 0 aromatic heterocycles. The smallest absolute Gasteiger partial charge is 0.269 e. The monoisotopic (exact) mass is 355 g/mol. The van der Waals surface area contributed by atoms with E-state index in [1.807, 2.05) is 30.3 Å². The molecule has 0 N–H and O–H groups in total. The fraction of sp³-hybridized carbons (Fsp3) is 0.0435. The number of para-hydroxylation sites is 2. The summed E-state index contributed by atoms with van der Waals surface area (Å²) in [4.78, 5) is 27.0. The van der Waals surface area contributed by atoms with Gasteiger partial charge in [0.1, 0.15) is 11.5 Å². The van der Waals surface area contributed by atoms with Gasteiger partial charge >= 0.3 is 0 Å². The molecule has 0 spiro atoms. The highest BCUT2D eigenvalue weighted by Crippen LogP contribution is 2.36. The predicted octanol–water partition coefficient (Wildman–Crippen LogP) is 5.01. The first-order valence-electron chi connectivity index (χ1n) is 8.64. The summed E-state index contributed by atoms with van der Waals surface area (Å²) in [5.74, 6) is 0.300. The van der Waals surface area contributed by atoms with Crippen LogP contribution >= 0.6 is 0 Å². The van der Waals surface area contributed by atoms with Crippen LogP contribution < -0.4 is 9.64 Å². The number of allylic oxidation sites excluding steroid dienone is 1. The first kappa shape index (κ1) is 16.8. The van der Waals surface area contributed by atoms with E-state index in [9.17, 15) is 9.59 Å². The Bertz CT molecular complexity index is 1040. The van der Waals surface area contributed by atoms with E-state index in [0.717, 1.165) is 5.56 Å². The molecule has 0 atom stereocenters. The van der Waals surface area contributed by atoms with Crippen LogP contribution in [0.2, 0.25) is 0 Å². The van der Waals surface area contributed by atoms with Gasteiger partial charge in [0.25, 0.3) is 11.8 Å². The van der Waals surface area contributed by atoms with Crippen molar-refractivity contribution in [1.82, 2.24) is 0 Å². The lowest BCUT2D eigenvalue weighted by molar-refractivity contribution is 0.0925. The van der Waals surface area contributed by atoms with Crippen molar-refractivity contribution in [3.63, 3.8) is 0 Å². The molecule has 0 fully saturated rings. The predicted molar refractivity (Wildman–Crippen MR) is 104 cm³/mol. The van der Waals surface area contributed by atoms with E-state index in [1.165, 1.54) is 4.90 Å². The largest absolute Gasteiger partial charge is 0.456 e. The number of rotatable bonds is 5. The SMILES string of the molecule is C=CCc1ccccc1Oc1cccc2c1C(=O)N(c1ccccc1)C2=O. The molecule has 1 aliphatic heterocycles. The van der Waals surface area contributed by atoms with Crippen molar-refractivity contribution in [1.29, 1.82) is 0 Å². The maximum atomic E-state index is 13.0. The molecule has 27 heavy (non-hydrogen) atoms. The molecule has 0 bridgehead atoms. The molecule has 132 valence electrons. The van der Waals surface area contributed by atoms with E-state index in [4.69, 9.17) is 4.74 Å². The second-order valence-electron chi connectivity index (χ2n) is 6.16. The quantitative estimate of drug-likeness (QED) is 0.477. The minimum atomic E-state index is -0.377. The maximum absolute atomic E-state index is 13.0. The lowest BCUT2D eigenvalue weighted by Gasteiger charge is -2.14. The summed E-state index contributed by atoms with van der Waals surface area (Å²) >= 11 is 0. The lowest BCUT2D eigenvalue weighted by Crippen LogP contribution is -2.29. The Hall–Kier alpha value is -3.66. The van der Waals surface area contributed by atoms with Crippen LogP contribution in [0.5, 0.6) is 11.5 Å². The fourth-order valence-electron chi connectivity index (χ4n) is 3.20. The molecule has 0 radical (unpaired) electrons. The van der Waals surface area contributed by atoms with Crippen molar-refractivity contribution >= 4 is 17.5 Å².